The quantitative estimate of drug-likeness (QED) is 0.323. The normalized spacial score (nSPS) is 12.8. The van der Waals surface area contributed by atoms with Gasteiger partial charge in [0.1, 0.15) is 4.83 Å². The van der Waals surface area contributed by atoms with Gasteiger partial charge in [-0.15, -0.1) is 11.3 Å². The number of aryl methyl sites for hydroxylation is 3. The van der Waals surface area contributed by atoms with Gasteiger partial charge in [-0.3, -0.25) is 14.2 Å². The minimum atomic E-state index is -0.117. The van der Waals surface area contributed by atoms with E-state index >= 15 is 0 Å². The molecule has 2 aromatic carbocycles. The van der Waals surface area contributed by atoms with Crippen LogP contribution in [0.25, 0.3) is 10.2 Å². The van der Waals surface area contributed by atoms with Crippen LogP contribution in [0.4, 0.5) is 5.69 Å². The molecule has 0 spiro atoms. The number of hydrogen-bond acceptors (Lipinski definition) is 5. The average molecular weight is 462 g/mol. The Kier molecular flexibility index (Phi) is 5.85. The van der Waals surface area contributed by atoms with Gasteiger partial charge in [-0.25, -0.2) is 4.98 Å². The molecule has 0 fully saturated rings. The first-order chi connectivity index (χ1) is 15.6. The maximum absolute atomic E-state index is 13.6. The van der Waals surface area contributed by atoms with Gasteiger partial charge in [-0.1, -0.05) is 59.8 Å². The second kappa shape index (κ2) is 8.92. The topological polar surface area (TPSA) is 64.0 Å². The van der Waals surface area contributed by atoms with Crippen molar-refractivity contribution >= 4 is 44.9 Å². The smallest absolute Gasteiger partial charge is 0.263 e. The number of carbonyl (C=O) groups is 1. The highest BCUT2D eigenvalue weighted by atomic mass is 32.2. The number of rotatable bonds is 6. The lowest BCUT2D eigenvalue weighted by Crippen LogP contribution is -2.25. The number of amides is 1. The van der Waals surface area contributed by atoms with Crippen LogP contribution >= 0.6 is 23.1 Å². The molecular formula is C25H23N3O2S2. The molecule has 1 amide bonds. The van der Waals surface area contributed by atoms with Crippen molar-refractivity contribution in [3.8, 4) is 0 Å². The molecule has 32 heavy (non-hydrogen) atoms. The van der Waals surface area contributed by atoms with E-state index in [-0.39, 0.29) is 17.2 Å². The maximum atomic E-state index is 13.6. The fourth-order valence-corrected chi connectivity index (χ4v) is 6.14. The first kappa shape index (κ1) is 21.0. The molecule has 1 N–H and O–H groups in total. The molecule has 0 radical (unpaired) electrons. The van der Waals surface area contributed by atoms with Gasteiger partial charge >= 0.3 is 0 Å². The number of carbonyl (C=O) groups excluding carboxylic acids is 1. The van der Waals surface area contributed by atoms with Crippen molar-refractivity contribution in [3.05, 3.63) is 86.5 Å². The molecule has 5 rings (SSSR count). The Morgan fingerprint density at radius 2 is 1.91 bits per heavy atom. The van der Waals surface area contributed by atoms with Gasteiger partial charge < -0.3 is 5.32 Å². The van der Waals surface area contributed by atoms with Crippen molar-refractivity contribution in [1.29, 1.82) is 0 Å². The summed E-state index contributed by atoms with van der Waals surface area (Å²) in [7, 11) is 0. The van der Waals surface area contributed by atoms with Crippen molar-refractivity contribution in [3.63, 3.8) is 0 Å². The molecule has 0 atom stereocenters. The summed E-state index contributed by atoms with van der Waals surface area (Å²) >= 11 is 2.94. The standard InChI is InChI=1S/C25H23N3O2S2/c1-16-10-12-18(13-11-16)26-21(29)15-31-25-27-23-22(19-8-5-9-20(19)32-23)24(30)28(25)14-17-6-3-2-4-7-17/h2-4,6-7,10-13H,5,8-9,14-15H2,1H3,(H,26,29). The summed E-state index contributed by atoms with van der Waals surface area (Å²) < 4.78 is 1.73. The van der Waals surface area contributed by atoms with Gasteiger partial charge in [-0.2, -0.15) is 0 Å². The SMILES string of the molecule is Cc1ccc(NC(=O)CSc2nc3sc4c(c3c(=O)n2Cc2ccccc2)CCC4)cc1. The van der Waals surface area contributed by atoms with Gasteiger partial charge in [0.2, 0.25) is 5.91 Å². The molecule has 2 aromatic heterocycles. The lowest BCUT2D eigenvalue weighted by molar-refractivity contribution is -0.113. The summed E-state index contributed by atoms with van der Waals surface area (Å²) in [5.74, 6) is 0.0687. The minimum Gasteiger partial charge on any atom is -0.325 e. The van der Waals surface area contributed by atoms with Crippen molar-refractivity contribution in [2.24, 2.45) is 0 Å². The summed E-state index contributed by atoms with van der Waals surface area (Å²) in [6.45, 7) is 2.45. The van der Waals surface area contributed by atoms with Crippen LogP contribution in [0.5, 0.6) is 0 Å². The van der Waals surface area contributed by atoms with Crippen molar-refractivity contribution in [2.45, 2.75) is 37.9 Å². The van der Waals surface area contributed by atoms with E-state index < -0.39 is 0 Å². The molecule has 2 heterocycles. The fraction of sp³-hybridized carbons (Fsp3) is 0.240. The number of benzene rings is 2. The van der Waals surface area contributed by atoms with E-state index in [0.717, 1.165) is 46.3 Å². The van der Waals surface area contributed by atoms with Gasteiger partial charge in [0.05, 0.1) is 17.7 Å². The van der Waals surface area contributed by atoms with E-state index in [4.69, 9.17) is 4.98 Å². The number of anilines is 1. The van der Waals surface area contributed by atoms with E-state index in [1.807, 2.05) is 61.5 Å². The van der Waals surface area contributed by atoms with E-state index in [1.54, 1.807) is 15.9 Å². The summed E-state index contributed by atoms with van der Waals surface area (Å²) in [6, 6.07) is 17.6. The zero-order valence-corrected chi connectivity index (χ0v) is 19.4. The highest BCUT2D eigenvalue weighted by molar-refractivity contribution is 7.99. The molecule has 1 aliphatic rings. The molecular weight excluding hydrogens is 438 g/mol. The Morgan fingerprint density at radius 3 is 2.69 bits per heavy atom. The third-order valence-corrected chi connectivity index (χ3v) is 7.80. The molecule has 0 bridgehead atoms. The second-order valence-corrected chi connectivity index (χ2v) is 10.0. The van der Waals surface area contributed by atoms with Crippen molar-refractivity contribution in [1.82, 2.24) is 9.55 Å². The summed E-state index contributed by atoms with van der Waals surface area (Å²) in [5, 5.41) is 4.28. The van der Waals surface area contributed by atoms with Gasteiger partial charge in [0.25, 0.3) is 5.56 Å². The molecule has 5 nitrogen and oxygen atoms in total. The molecule has 0 saturated carbocycles. The molecule has 7 heteroatoms. The monoisotopic (exact) mass is 461 g/mol. The van der Waals surface area contributed by atoms with Crippen LogP contribution in [-0.2, 0) is 24.2 Å². The number of hydrogen-bond donors (Lipinski definition) is 1. The van der Waals surface area contributed by atoms with Crippen LogP contribution in [0.2, 0.25) is 0 Å². The Labute approximate surface area is 194 Å². The van der Waals surface area contributed by atoms with Crippen LogP contribution in [0, 0.1) is 6.92 Å². The maximum Gasteiger partial charge on any atom is 0.263 e. The summed E-state index contributed by atoms with van der Waals surface area (Å²) in [4.78, 5) is 33.1. The van der Waals surface area contributed by atoms with E-state index in [2.05, 4.69) is 5.32 Å². The lowest BCUT2D eigenvalue weighted by atomic mass is 10.2. The van der Waals surface area contributed by atoms with Crippen LogP contribution in [0.3, 0.4) is 0 Å². The van der Waals surface area contributed by atoms with Crippen molar-refractivity contribution < 1.29 is 4.79 Å². The molecule has 1 aliphatic carbocycles. The third kappa shape index (κ3) is 4.23. The highest BCUT2D eigenvalue weighted by Gasteiger charge is 2.23. The minimum absolute atomic E-state index is 0.000282. The molecule has 162 valence electrons. The highest BCUT2D eigenvalue weighted by Crippen LogP contribution is 2.35. The first-order valence-electron chi connectivity index (χ1n) is 10.7. The number of thioether (sulfide) groups is 1. The number of nitrogens with zero attached hydrogens (tertiary/aromatic N) is 2. The Bertz CT molecular complexity index is 1340. The van der Waals surface area contributed by atoms with Crippen molar-refractivity contribution in [2.75, 3.05) is 11.1 Å². The third-order valence-electron chi connectivity index (χ3n) is 5.64. The zero-order valence-electron chi connectivity index (χ0n) is 17.8. The van der Waals surface area contributed by atoms with Gasteiger partial charge in [-0.05, 0) is 49.4 Å². The molecule has 4 aromatic rings. The predicted octanol–water partition coefficient (Wildman–Crippen LogP) is 5.03. The second-order valence-electron chi connectivity index (χ2n) is 8.01. The van der Waals surface area contributed by atoms with E-state index in [9.17, 15) is 9.59 Å². The number of thiophene rings is 1. The number of aromatic nitrogens is 2. The Balaban J connectivity index is 1.45. The Morgan fingerprint density at radius 1 is 1.12 bits per heavy atom. The van der Waals surface area contributed by atoms with Crippen LogP contribution in [-0.4, -0.2) is 21.2 Å². The molecule has 0 unspecified atom stereocenters. The van der Waals surface area contributed by atoms with Crippen LogP contribution in [0.15, 0.2) is 64.5 Å². The largest absolute Gasteiger partial charge is 0.325 e. The Hall–Kier alpha value is -2.90. The zero-order chi connectivity index (χ0) is 22.1. The van der Waals surface area contributed by atoms with Gasteiger partial charge in [0, 0.05) is 10.6 Å². The van der Waals surface area contributed by atoms with Crippen LogP contribution in [0.1, 0.15) is 28.0 Å². The van der Waals surface area contributed by atoms with E-state index in [1.165, 1.54) is 22.2 Å². The molecule has 0 saturated heterocycles. The van der Waals surface area contributed by atoms with E-state index in [0.29, 0.717) is 11.7 Å². The summed E-state index contributed by atoms with van der Waals surface area (Å²) in [6.07, 6.45) is 3.07. The summed E-state index contributed by atoms with van der Waals surface area (Å²) in [5.41, 5.74) is 4.12. The average Bonchev–Trinajstić information content (AvgIpc) is 3.38. The van der Waals surface area contributed by atoms with Crippen LogP contribution < -0.4 is 10.9 Å². The number of nitrogens with one attached hydrogen (secondary N) is 1. The first-order valence-corrected chi connectivity index (χ1v) is 12.5. The number of fused-ring (bicyclic) bond motifs is 3. The predicted molar refractivity (Wildman–Crippen MR) is 132 cm³/mol. The lowest BCUT2D eigenvalue weighted by Gasteiger charge is -2.13. The van der Waals surface area contributed by atoms with Gasteiger partial charge in [0.15, 0.2) is 5.16 Å². The molecule has 0 aliphatic heterocycles. The fourth-order valence-electron chi connectivity index (χ4n) is 4.04.